The minimum absolute atomic E-state index is 0.0331. The summed E-state index contributed by atoms with van der Waals surface area (Å²) in [7, 11) is 0. The second-order valence-corrected chi connectivity index (χ2v) is 4.65. The number of carbonyl (C=O) groups excluding carboxylic acids is 1. The molecule has 0 fully saturated rings. The van der Waals surface area contributed by atoms with Gasteiger partial charge in [0.15, 0.2) is 0 Å². The molecule has 0 saturated carbocycles. The lowest BCUT2D eigenvalue weighted by Gasteiger charge is -2.04. The second-order valence-electron chi connectivity index (χ2n) is 4.65. The van der Waals surface area contributed by atoms with Crippen molar-refractivity contribution in [2.45, 2.75) is 13.8 Å². The first-order valence-electron chi connectivity index (χ1n) is 6.42. The molecule has 1 aromatic carbocycles. The normalized spacial score (nSPS) is 11.1. The van der Waals surface area contributed by atoms with E-state index >= 15 is 0 Å². The number of esters is 1. The lowest BCUT2D eigenvalue weighted by Crippen LogP contribution is -2.18. The number of benzene rings is 1. The quantitative estimate of drug-likeness (QED) is 0.702. The number of hydrogen-bond donors (Lipinski definition) is 2. The molecular formula is C15H14N2O3. The molecule has 0 aliphatic heterocycles. The van der Waals surface area contributed by atoms with Gasteiger partial charge >= 0.3 is 5.97 Å². The molecule has 3 rings (SSSR count). The van der Waals surface area contributed by atoms with E-state index in [0.29, 0.717) is 10.9 Å². The molecule has 5 nitrogen and oxygen atoms in total. The van der Waals surface area contributed by atoms with Gasteiger partial charge in [-0.1, -0.05) is 0 Å². The van der Waals surface area contributed by atoms with Gasteiger partial charge in [-0.25, -0.2) is 4.79 Å². The molecule has 0 aliphatic rings. The summed E-state index contributed by atoms with van der Waals surface area (Å²) in [5.41, 5.74) is 2.27. The number of pyridine rings is 1. The number of H-pyrrole nitrogens is 2. The predicted molar refractivity (Wildman–Crippen MR) is 77.1 cm³/mol. The summed E-state index contributed by atoms with van der Waals surface area (Å²) in [5.74, 6) is -0.597. The zero-order chi connectivity index (χ0) is 14.3. The topological polar surface area (TPSA) is 75.0 Å². The van der Waals surface area contributed by atoms with Gasteiger partial charge in [-0.3, -0.25) is 4.79 Å². The number of rotatable bonds is 2. The molecule has 0 atom stereocenters. The lowest BCUT2D eigenvalue weighted by atomic mass is 10.1. The molecule has 102 valence electrons. The average molecular weight is 270 g/mol. The van der Waals surface area contributed by atoms with Gasteiger partial charge in [0.1, 0.15) is 5.56 Å². The lowest BCUT2D eigenvalue weighted by molar-refractivity contribution is 0.0524. The van der Waals surface area contributed by atoms with Crippen molar-refractivity contribution in [3.63, 3.8) is 0 Å². The standard InChI is InChI=1S/C15H14N2O3/c1-3-20-15(19)10-7-16-12-5-4-11-9(6-8(2)17-11)13(12)14(10)18/h4-7,17H,3H2,1-2H3,(H,16,18). The Bertz CT molecular complexity index is 874. The highest BCUT2D eigenvalue weighted by atomic mass is 16.5. The highest BCUT2D eigenvalue weighted by Crippen LogP contribution is 2.22. The highest BCUT2D eigenvalue weighted by Gasteiger charge is 2.16. The Morgan fingerprint density at radius 1 is 1.30 bits per heavy atom. The van der Waals surface area contributed by atoms with Gasteiger partial charge in [0.2, 0.25) is 5.43 Å². The number of aryl methyl sites for hydroxylation is 1. The maximum atomic E-state index is 12.5. The molecular weight excluding hydrogens is 256 g/mol. The minimum Gasteiger partial charge on any atom is -0.462 e. The Morgan fingerprint density at radius 3 is 2.80 bits per heavy atom. The van der Waals surface area contributed by atoms with E-state index in [4.69, 9.17) is 4.74 Å². The van der Waals surface area contributed by atoms with Crippen LogP contribution in [0.5, 0.6) is 0 Å². The monoisotopic (exact) mass is 270 g/mol. The number of aromatic nitrogens is 2. The minimum atomic E-state index is -0.597. The molecule has 0 radical (unpaired) electrons. The van der Waals surface area contributed by atoms with Crippen LogP contribution in [0.1, 0.15) is 23.0 Å². The van der Waals surface area contributed by atoms with Gasteiger partial charge in [0, 0.05) is 22.8 Å². The van der Waals surface area contributed by atoms with E-state index in [9.17, 15) is 9.59 Å². The predicted octanol–water partition coefficient (Wildman–Crippen LogP) is 2.49. The zero-order valence-corrected chi connectivity index (χ0v) is 11.2. The van der Waals surface area contributed by atoms with Crippen LogP contribution < -0.4 is 5.43 Å². The van der Waals surface area contributed by atoms with E-state index in [-0.39, 0.29) is 17.6 Å². The molecule has 2 N–H and O–H groups in total. The van der Waals surface area contributed by atoms with E-state index < -0.39 is 5.97 Å². The number of carbonyl (C=O) groups is 1. The Morgan fingerprint density at radius 2 is 2.05 bits per heavy atom. The van der Waals surface area contributed by atoms with Crippen molar-refractivity contribution in [3.8, 4) is 0 Å². The SMILES string of the molecule is CCOC(=O)c1c[nH]c2ccc3[nH]c(C)cc3c2c1=O. The molecule has 0 unspecified atom stereocenters. The van der Waals surface area contributed by atoms with Crippen LogP contribution in [0.25, 0.3) is 21.8 Å². The van der Waals surface area contributed by atoms with Crippen LogP contribution in [0, 0.1) is 6.92 Å². The van der Waals surface area contributed by atoms with Gasteiger partial charge in [-0.15, -0.1) is 0 Å². The molecule has 0 spiro atoms. The summed E-state index contributed by atoms with van der Waals surface area (Å²) >= 11 is 0. The van der Waals surface area contributed by atoms with Gasteiger partial charge in [0.25, 0.3) is 0 Å². The first kappa shape index (κ1) is 12.5. The summed E-state index contributed by atoms with van der Waals surface area (Å²) in [6.45, 7) is 3.87. The Labute approximate surface area is 114 Å². The maximum Gasteiger partial charge on any atom is 0.343 e. The van der Waals surface area contributed by atoms with Crippen LogP contribution in [0.2, 0.25) is 0 Å². The summed E-state index contributed by atoms with van der Waals surface area (Å²) in [4.78, 5) is 30.5. The smallest absolute Gasteiger partial charge is 0.343 e. The number of hydrogen-bond acceptors (Lipinski definition) is 3. The summed E-state index contributed by atoms with van der Waals surface area (Å²) < 4.78 is 4.91. The Hall–Kier alpha value is -2.56. The molecule has 3 aromatic rings. The van der Waals surface area contributed by atoms with Gasteiger partial charge in [-0.05, 0) is 32.0 Å². The van der Waals surface area contributed by atoms with Crippen molar-refractivity contribution >= 4 is 27.8 Å². The fourth-order valence-electron chi connectivity index (χ4n) is 2.42. The van der Waals surface area contributed by atoms with Crippen LogP contribution in [0.3, 0.4) is 0 Å². The third kappa shape index (κ3) is 1.79. The number of aromatic amines is 2. The van der Waals surface area contributed by atoms with Crippen molar-refractivity contribution in [2.75, 3.05) is 6.61 Å². The molecule has 20 heavy (non-hydrogen) atoms. The van der Waals surface area contributed by atoms with E-state index in [2.05, 4.69) is 9.97 Å². The van der Waals surface area contributed by atoms with Gasteiger partial charge in [0.05, 0.1) is 17.5 Å². The van der Waals surface area contributed by atoms with Crippen LogP contribution in [0.15, 0.2) is 29.2 Å². The average Bonchev–Trinajstić information content (AvgIpc) is 2.79. The molecule has 2 aromatic heterocycles. The van der Waals surface area contributed by atoms with Crippen molar-refractivity contribution in [1.29, 1.82) is 0 Å². The van der Waals surface area contributed by atoms with Crippen molar-refractivity contribution in [2.24, 2.45) is 0 Å². The molecule has 2 heterocycles. The van der Waals surface area contributed by atoms with E-state index in [0.717, 1.165) is 16.6 Å². The fraction of sp³-hybridized carbons (Fsp3) is 0.200. The van der Waals surface area contributed by atoms with E-state index in [1.54, 1.807) is 6.92 Å². The third-order valence-electron chi connectivity index (χ3n) is 3.28. The Kier molecular flexibility index (Phi) is 2.82. The molecule has 5 heteroatoms. The van der Waals surface area contributed by atoms with Gasteiger partial charge in [-0.2, -0.15) is 0 Å². The number of ether oxygens (including phenoxy) is 1. The zero-order valence-electron chi connectivity index (χ0n) is 11.2. The van der Waals surface area contributed by atoms with Crippen molar-refractivity contribution in [1.82, 2.24) is 9.97 Å². The third-order valence-corrected chi connectivity index (χ3v) is 3.28. The first-order chi connectivity index (χ1) is 9.61. The molecule has 0 saturated heterocycles. The summed E-state index contributed by atoms with van der Waals surface area (Å²) in [6, 6.07) is 5.64. The summed E-state index contributed by atoms with van der Waals surface area (Å²) in [5, 5.41) is 1.32. The molecule has 0 aliphatic carbocycles. The van der Waals surface area contributed by atoms with Crippen LogP contribution in [-0.2, 0) is 4.74 Å². The Balaban J connectivity index is 2.37. The maximum absolute atomic E-state index is 12.5. The number of nitrogens with one attached hydrogen (secondary N) is 2. The molecule has 0 bridgehead atoms. The largest absolute Gasteiger partial charge is 0.462 e. The second kappa shape index (κ2) is 4.52. The van der Waals surface area contributed by atoms with Crippen molar-refractivity contribution in [3.05, 3.63) is 45.9 Å². The summed E-state index contributed by atoms with van der Waals surface area (Å²) in [6.07, 6.45) is 1.41. The first-order valence-corrected chi connectivity index (χ1v) is 6.42. The highest BCUT2D eigenvalue weighted by molar-refractivity contribution is 6.07. The van der Waals surface area contributed by atoms with Crippen LogP contribution in [-0.4, -0.2) is 22.5 Å². The fourth-order valence-corrected chi connectivity index (χ4v) is 2.42. The van der Waals surface area contributed by atoms with Crippen LogP contribution in [0.4, 0.5) is 0 Å². The van der Waals surface area contributed by atoms with E-state index in [1.807, 2.05) is 25.1 Å². The van der Waals surface area contributed by atoms with Crippen LogP contribution >= 0.6 is 0 Å². The molecule has 0 amide bonds. The van der Waals surface area contributed by atoms with Crippen molar-refractivity contribution < 1.29 is 9.53 Å². The van der Waals surface area contributed by atoms with Gasteiger partial charge < -0.3 is 14.7 Å². The number of fused-ring (bicyclic) bond motifs is 3. The van der Waals surface area contributed by atoms with E-state index in [1.165, 1.54) is 6.20 Å².